The summed E-state index contributed by atoms with van der Waals surface area (Å²) in [5.74, 6) is -1.03. The SMILES string of the molecule is Cc1cc(C)c2c3c(sc2n1)C(c1ccc(F)c(Br)c1)C(C#N)C(=N)O3. The Hall–Kier alpha value is -2.30. The number of nitrogens with one attached hydrogen (secondary N) is 1. The molecular weight excluding hydrogens is 417 g/mol. The summed E-state index contributed by atoms with van der Waals surface area (Å²) in [6.07, 6.45) is 0. The second-order valence-corrected chi connectivity index (χ2v) is 8.17. The van der Waals surface area contributed by atoms with Gasteiger partial charge >= 0.3 is 0 Å². The number of pyridine rings is 1. The molecule has 4 rings (SSSR count). The van der Waals surface area contributed by atoms with E-state index in [0.29, 0.717) is 10.2 Å². The fourth-order valence-corrected chi connectivity index (χ4v) is 5.18. The fraction of sp³-hybridized carbons (Fsp3) is 0.211. The molecule has 26 heavy (non-hydrogen) atoms. The standard InChI is InChI=1S/C19H13BrFN3OS/c1-8-5-9(2)24-19-14(8)16-17(26-19)15(11(7-22)18(23)25-16)10-3-4-13(21)12(20)6-10/h3-6,11,15,23H,1-2H3. The number of fused-ring (bicyclic) bond motifs is 3. The van der Waals surface area contributed by atoms with Crippen LogP contribution in [0.1, 0.15) is 27.6 Å². The minimum atomic E-state index is -0.769. The molecule has 0 saturated heterocycles. The molecule has 1 aliphatic rings. The monoisotopic (exact) mass is 429 g/mol. The Bertz CT molecular complexity index is 1120. The molecule has 2 unspecified atom stereocenters. The Morgan fingerprint density at radius 1 is 1.35 bits per heavy atom. The van der Waals surface area contributed by atoms with Gasteiger partial charge in [-0.25, -0.2) is 9.37 Å². The molecule has 1 aromatic carbocycles. The molecule has 3 aromatic rings. The van der Waals surface area contributed by atoms with Gasteiger partial charge in [-0.15, -0.1) is 11.3 Å². The van der Waals surface area contributed by atoms with Gasteiger partial charge in [0.05, 0.1) is 20.8 Å². The van der Waals surface area contributed by atoms with E-state index in [-0.39, 0.29) is 11.7 Å². The van der Waals surface area contributed by atoms with Crippen LogP contribution in [0, 0.1) is 42.3 Å². The molecule has 130 valence electrons. The van der Waals surface area contributed by atoms with Crippen molar-refractivity contribution in [2.45, 2.75) is 19.8 Å². The largest absolute Gasteiger partial charge is 0.440 e. The highest BCUT2D eigenvalue weighted by Gasteiger charge is 2.40. The Labute approximate surface area is 161 Å². The van der Waals surface area contributed by atoms with E-state index in [9.17, 15) is 9.65 Å². The smallest absolute Gasteiger partial charge is 0.205 e. The van der Waals surface area contributed by atoms with E-state index in [1.54, 1.807) is 12.1 Å². The molecule has 1 N–H and O–H groups in total. The first-order valence-electron chi connectivity index (χ1n) is 7.92. The Kier molecular flexibility index (Phi) is 4.05. The van der Waals surface area contributed by atoms with E-state index in [2.05, 4.69) is 27.0 Å². The van der Waals surface area contributed by atoms with Gasteiger partial charge in [-0.1, -0.05) is 6.07 Å². The predicted molar refractivity (Wildman–Crippen MR) is 102 cm³/mol. The van der Waals surface area contributed by atoms with Crippen molar-refractivity contribution in [3.63, 3.8) is 0 Å². The van der Waals surface area contributed by atoms with Crippen LogP contribution in [-0.2, 0) is 0 Å². The molecule has 4 nitrogen and oxygen atoms in total. The summed E-state index contributed by atoms with van der Waals surface area (Å²) >= 11 is 4.68. The summed E-state index contributed by atoms with van der Waals surface area (Å²) < 4.78 is 19.8. The molecule has 1 aliphatic heterocycles. The van der Waals surface area contributed by atoms with Crippen LogP contribution in [0.15, 0.2) is 28.7 Å². The molecule has 0 spiro atoms. The lowest BCUT2D eigenvalue weighted by Crippen LogP contribution is -2.30. The Balaban J connectivity index is 2.02. The van der Waals surface area contributed by atoms with Crippen molar-refractivity contribution in [2.75, 3.05) is 0 Å². The lowest BCUT2D eigenvalue weighted by molar-refractivity contribution is 0.461. The number of nitriles is 1. The lowest BCUT2D eigenvalue weighted by Gasteiger charge is -2.28. The fourth-order valence-electron chi connectivity index (χ4n) is 3.39. The van der Waals surface area contributed by atoms with E-state index < -0.39 is 11.8 Å². The summed E-state index contributed by atoms with van der Waals surface area (Å²) in [6, 6.07) is 8.85. The van der Waals surface area contributed by atoms with E-state index in [4.69, 9.17) is 10.1 Å². The van der Waals surface area contributed by atoms with Crippen molar-refractivity contribution in [2.24, 2.45) is 5.92 Å². The number of rotatable bonds is 1. The molecule has 0 aliphatic carbocycles. The third kappa shape index (κ3) is 2.52. The minimum Gasteiger partial charge on any atom is -0.440 e. The summed E-state index contributed by atoms with van der Waals surface area (Å²) in [4.78, 5) is 6.27. The first-order chi connectivity index (χ1) is 12.4. The van der Waals surface area contributed by atoms with Crippen molar-refractivity contribution >= 4 is 43.4 Å². The summed E-state index contributed by atoms with van der Waals surface area (Å²) in [5, 5.41) is 18.8. The first kappa shape index (κ1) is 17.1. The highest BCUT2D eigenvalue weighted by Crippen LogP contribution is 2.51. The zero-order chi connectivity index (χ0) is 18.6. The van der Waals surface area contributed by atoms with E-state index >= 15 is 0 Å². The van der Waals surface area contributed by atoms with Gasteiger partial charge in [0.15, 0.2) is 5.75 Å². The van der Waals surface area contributed by atoms with Crippen LogP contribution in [-0.4, -0.2) is 10.9 Å². The maximum Gasteiger partial charge on any atom is 0.205 e. The number of thiophene rings is 1. The lowest BCUT2D eigenvalue weighted by atomic mass is 9.83. The second-order valence-electron chi connectivity index (χ2n) is 6.28. The average molecular weight is 430 g/mol. The molecule has 3 heterocycles. The molecular formula is C19H13BrFN3OS. The van der Waals surface area contributed by atoms with Crippen molar-refractivity contribution in [3.05, 3.63) is 56.3 Å². The van der Waals surface area contributed by atoms with Gasteiger partial charge in [0.25, 0.3) is 0 Å². The molecule has 0 amide bonds. The number of aryl methyl sites for hydroxylation is 2. The van der Waals surface area contributed by atoms with Crippen LogP contribution in [0.3, 0.4) is 0 Å². The van der Waals surface area contributed by atoms with Gasteiger partial charge in [0, 0.05) is 11.6 Å². The van der Waals surface area contributed by atoms with E-state index in [0.717, 1.165) is 31.9 Å². The third-order valence-corrected chi connectivity index (χ3v) is 6.28. The van der Waals surface area contributed by atoms with Crippen LogP contribution in [0.25, 0.3) is 10.2 Å². The van der Waals surface area contributed by atoms with Crippen LogP contribution >= 0.6 is 27.3 Å². The van der Waals surface area contributed by atoms with Crippen molar-refractivity contribution in [1.82, 2.24) is 4.98 Å². The molecule has 0 radical (unpaired) electrons. The summed E-state index contributed by atoms with van der Waals surface area (Å²) in [5.41, 5.74) is 2.69. The number of hydrogen-bond acceptors (Lipinski definition) is 5. The molecule has 7 heteroatoms. The topological polar surface area (TPSA) is 69.8 Å². The highest BCUT2D eigenvalue weighted by atomic mass is 79.9. The third-order valence-electron chi connectivity index (χ3n) is 4.52. The summed E-state index contributed by atoms with van der Waals surface area (Å²) in [7, 11) is 0. The zero-order valence-corrected chi connectivity index (χ0v) is 16.3. The van der Waals surface area contributed by atoms with Gasteiger partial charge in [-0.05, 0) is 59.1 Å². The van der Waals surface area contributed by atoms with Crippen molar-refractivity contribution < 1.29 is 9.13 Å². The second kappa shape index (κ2) is 6.15. The van der Waals surface area contributed by atoms with Crippen LogP contribution in [0.5, 0.6) is 5.75 Å². The Morgan fingerprint density at radius 2 is 2.12 bits per heavy atom. The van der Waals surface area contributed by atoms with Crippen molar-refractivity contribution in [1.29, 1.82) is 10.7 Å². The molecule has 2 aromatic heterocycles. The number of nitrogens with zero attached hydrogens (tertiary/aromatic N) is 2. The van der Waals surface area contributed by atoms with Crippen molar-refractivity contribution in [3.8, 4) is 11.8 Å². The maximum atomic E-state index is 13.7. The predicted octanol–water partition coefficient (Wildman–Crippen LogP) is 5.46. The Morgan fingerprint density at radius 3 is 2.81 bits per heavy atom. The van der Waals surface area contributed by atoms with E-state index in [1.807, 2.05) is 19.9 Å². The average Bonchev–Trinajstić information content (AvgIpc) is 2.94. The maximum absolute atomic E-state index is 13.7. The highest BCUT2D eigenvalue weighted by molar-refractivity contribution is 9.10. The van der Waals surface area contributed by atoms with Gasteiger partial charge in [-0.3, -0.25) is 5.41 Å². The molecule has 2 atom stereocenters. The van der Waals surface area contributed by atoms with Gasteiger partial charge in [0.1, 0.15) is 16.6 Å². The van der Waals surface area contributed by atoms with Gasteiger partial charge in [-0.2, -0.15) is 5.26 Å². The minimum absolute atomic E-state index is 0.0925. The first-order valence-corrected chi connectivity index (χ1v) is 9.53. The number of ether oxygens (including phenoxy) is 1. The molecule has 0 fully saturated rings. The van der Waals surface area contributed by atoms with Crippen LogP contribution in [0.4, 0.5) is 4.39 Å². The van der Waals surface area contributed by atoms with Crippen LogP contribution < -0.4 is 4.74 Å². The molecule has 0 saturated carbocycles. The zero-order valence-electron chi connectivity index (χ0n) is 13.9. The number of benzene rings is 1. The number of halogens is 2. The number of hydrogen-bond donors (Lipinski definition) is 1. The van der Waals surface area contributed by atoms with Gasteiger partial charge in [0.2, 0.25) is 5.90 Å². The van der Waals surface area contributed by atoms with E-state index in [1.165, 1.54) is 17.4 Å². The van der Waals surface area contributed by atoms with Crippen LogP contribution in [0.2, 0.25) is 0 Å². The normalized spacial score (nSPS) is 19.1. The van der Waals surface area contributed by atoms with Gasteiger partial charge < -0.3 is 4.74 Å². The quantitative estimate of drug-likeness (QED) is 0.558. The molecule has 0 bridgehead atoms. The summed E-state index contributed by atoms with van der Waals surface area (Å²) in [6.45, 7) is 3.91. The number of aromatic nitrogens is 1.